The first-order chi connectivity index (χ1) is 10.7. The molecule has 0 radical (unpaired) electrons. The number of benzene rings is 1. The van der Waals surface area contributed by atoms with E-state index in [1.807, 2.05) is 25.1 Å². The van der Waals surface area contributed by atoms with Crippen molar-refractivity contribution in [1.82, 2.24) is 9.80 Å². The number of aliphatic hydroxyl groups is 1. The lowest BCUT2D eigenvalue weighted by atomic mass is 10.1. The number of ether oxygens (including phenoxy) is 1. The molecule has 1 fully saturated rings. The molecule has 1 N–H and O–H groups in total. The summed E-state index contributed by atoms with van der Waals surface area (Å²) < 4.78 is 5.17. The Kier molecular flexibility index (Phi) is 6.83. The van der Waals surface area contributed by atoms with Crippen LogP contribution >= 0.6 is 0 Å². The Morgan fingerprint density at radius 2 is 2.05 bits per heavy atom. The van der Waals surface area contributed by atoms with E-state index in [9.17, 15) is 9.90 Å². The molecule has 5 nitrogen and oxygen atoms in total. The minimum atomic E-state index is -0.496. The molecule has 1 aromatic rings. The molecule has 1 heterocycles. The van der Waals surface area contributed by atoms with Crippen molar-refractivity contribution < 1.29 is 14.6 Å². The molecule has 0 spiro atoms. The van der Waals surface area contributed by atoms with Crippen molar-refractivity contribution in [2.45, 2.75) is 19.4 Å². The van der Waals surface area contributed by atoms with E-state index in [0.29, 0.717) is 26.2 Å². The normalized spacial score (nSPS) is 19.9. The third-order valence-corrected chi connectivity index (χ3v) is 3.93. The van der Waals surface area contributed by atoms with Gasteiger partial charge in [0.25, 0.3) is 0 Å². The van der Waals surface area contributed by atoms with E-state index in [0.717, 1.165) is 19.5 Å². The summed E-state index contributed by atoms with van der Waals surface area (Å²) in [6, 6.07) is 10.3. The van der Waals surface area contributed by atoms with E-state index >= 15 is 0 Å². The van der Waals surface area contributed by atoms with Gasteiger partial charge in [-0.1, -0.05) is 30.3 Å². The number of rotatable bonds is 6. The van der Waals surface area contributed by atoms with Gasteiger partial charge in [0.05, 0.1) is 6.10 Å². The summed E-state index contributed by atoms with van der Waals surface area (Å²) in [5, 5.41) is 10.1. The fourth-order valence-corrected chi connectivity index (χ4v) is 2.70. The van der Waals surface area contributed by atoms with E-state index in [2.05, 4.69) is 17.0 Å². The van der Waals surface area contributed by atoms with Crippen LogP contribution in [-0.4, -0.2) is 72.9 Å². The Bertz CT molecular complexity index is 452. The second kappa shape index (κ2) is 8.88. The zero-order valence-electron chi connectivity index (χ0n) is 13.3. The smallest absolute Gasteiger partial charge is 0.248 e. The third-order valence-electron chi connectivity index (χ3n) is 3.93. The van der Waals surface area contributed by atoms with Crippen LogP contribution in [0.4, 0.5) is 0 Å². The maximum Gasteiger partial charge on any atom is 0.248 e. The monoisotopic (exact) mass is 306 g/mol. The summed E-state index contributed by atoms with van der Waals surface area (Å²) in [6.45, 7) is 5.86. The Labute approximate surface area is 132 Å². The molecule has 2 rings (SSSR count). The van der Waals surface area contributed by atoms with E-state index in [4.69, 9.17) is 4.74 Å². The number of hydrogen-bond acceptors (Lipinski definition) is 4. The van der Waals surface area contributed by atoms with Crippen LogP contribution in [0.15, 0.2) is 30.3 Å². The zero-order chi connectivity index (χ0) is 15.8. The predicted octanol–water partition coefficient (Wildman–Crippen LogP) is 0.771. The Hall–Kier alpha value is -1.43. The van der Waals surface area contributed by atoms with Crippen LogP contribution in [0, 0.1) is 0 Å². The SMILES string of the molecule is CCOCC(=O)N1CCN(CCc2ccccc2)C[C@@H](O)C1. The zero-order valence-corrected chi connectivity index (χ0v) is 13.3. The molecular weight excluding hydrogens is 280 g/mol. The Balaban J connectivity index is 1.82. The van der Waals surface area contributed by atoms with Crippen LogP contribution in [0.2, 0.25) is 0 Å². The molecule has 122 valence electrons. The average Bonchev–Trinajstić information content (AvgIpc) is 2.73. The summed E-state index contributed by atoms with van der Waals surface area (Å²) in [7, 11) is 0. The number of carbonyl (C=O) groups excluding carboxylic acids is 1. The van der Waals surface area contributed by atoms with E-state index in [1.54, 1.807) is 4.90 Å². The van der Waals surface area contributed by atoms with Crippen LogP contribution < -0.4 is 0 Å². The topological polar surface area (TPSA) is 53.0 Å². The molecule has 0 aromatic heterocycles. The Morgan fingerprint density at radius 3 is 2.77 bits per heavy atom. The first kappa shape index (κ1) is 16.9. The molecule has 1 amide bonds. The number of β-amino-alcohol motifs (C(OH)–C–C–N with tert-alkyl or cyclic N) is 1. The number of nitrogens with zero attached hydrogens (tertiary/aromatic N) is 2. The van der Waals surface area contributed by atoms with Crippen molar-refractivity contribution in [3.63, 3.8) is 0 Å². The fourth-order valence-electron chi connectivity index (χ4n) is 2.70. The molecule has 22 heavy (non-hydrogen) atoms. The first-order valence-electron chi connectivity index (χ1n) is 7.99. The quantitative estimate of drug-likeness (QED) is 0.843. The van der Waals surface area contributed by atoms with Gasteiger partial charge in [-0.3, -0.25) is 9.69 Å². The van der Waals surface area contributed by atoms with Crippen molar-refractivity contribution >= 4 is 5.91 Å². The van der Waals surface area contributed by atoms with Crippen molar-refractivity contribution in [1.29, 1.82) is 0 Å². The van der Waals surface area contributed by atoms with Gasteiger partial charge >= 0.3 is 0 Å². The number of amides is 1. The summed E-state index contributed by atoms with van der Waals surface area (Å²) in [6.07, 6.45) is 0.462. The second-order valence-electron chi connectivity index (χ2n) is 5.67. The Morgan fingerprint density at radius 1 is 1.27 bits per heavy atom. The molecule has 1 saturated heterocycles. The summed E-state index contributed by atoms with van der Waals surface area (Å²) >= 11 is 0. The number of aliphatic hydroxyl groups excluding tert-OH is 1. The fraction of sp³-hybridized carbons (Fsp3) is 0.588. The molecule has 1 atom stereocenters. The summed E-state index contributed by atoms with van der Waals surface area (Å²) in [5.74, 6) is -0.0363. The lowest BCUT2D eigenvalue weighted by Gasteiger charge is -2.21. The first-order valence-corrected chi connectivity index (χ1v) is 7.99. The maximum absolute atomic E-state index is 12.0. The molecule has 0 aliphatic carbocycles. The molecule has 1 aliphatic rings. The highest BCUT2D eigenvalue weighted by Gasteiger charge is 2.24. The predicted molar refractivity (Wildman–Crippen MR) is 85.7 cm³/mol. The van der Waals surface area contributed by atoms with Crippen molar-refractivity contribution in [3.8, 4) is 0 Å². The summed E-state index contributed by atoms with van der Waals surface area (Å²) in [5.41, 5.74) is 1.30. The molecule has 1 aromatic carbocycles. The van der Waals surface area contributed by atoms with Crippen LogP contribution in [0.3, 0.4) is 0 Å². The highest BCUT2D eigenvalue weighted by Crippen LogP contribution is 2.07. The molecule has 0 unspecified atom stereocenters. The van der Waals surface area contributed by atoms with E-state index in [-0.39, 0.29) is 12.5 Å². The van der Waals surface area contributed by atoms with Gasteiger partial charge in [0.2, 0.25) is 5.91 Å². The lowest BCUT2D eigenvalue weighted by molar-refractivity contribution is -0.136. The number of hydrogen-bond donors (Lipinski definition) is 1. The van der Waals surface area contributed by atoms with E-state index in [1.165, 1.54) is 5.56 Å². The van der Waals surface area contributed by atoms with Crippen molar-refractivity contribution in [3.05, 3.63) is 35.9 Å². The maximum atomic E-state index is 12.0. The van der Waals surface area contributed by atoms with Crippen LogP contribution in [0.5, 0.6) is 0 Å². The van der Waals surface area contributed by atoms with Crippen molar-refractivity contribution in [2.24, 2.45) is 0 Å². The number of carbonyl (C=O) groups is 1. The van der Waals surface area contributed by atoms with Gasteiger partial charge in [0.1, 0.15) is 6.61 Å². The molecule has 0 saturated carbocycles. The van der Waals surface area contributed by atoms with Crippen molar-refractivity contribution in [2.75, 3.05) is 45.9 Å². The molecular formula is C17H26N2O3. The van der Waals surface area contributed by atoms with E-state index < -0.39 is 6.10 Å². The van der Waals surface area contributed by atoms with Gasteiger partial charge in [-0.2, -0.15) is 0 Å². The van der Waals surface area contributed by atoms with Gasteiger partial charge in [0, 0.05) is 39.3 Å². The minimum absolute atomic E-state index is 0.0363. The highest BCUT2D eigenvalue weighted by molar-refractivity contribution is 5.77. The van der Waals surface area contributed by atoms with Gasteiger partial charge in [-0.25, -0.2) is 0 Å². The van der Waals surface area contributed by atoms with Gasteiger partial charge in [-0.15, -0.1) is 0 Å². The largest absolute Gasteiger partial charge is 0.390 e. The van der Waals surface area contributed by atoms with Crippen LogP contribution in [-0.2, 0) is 16.0 Å². The molecule has 0 bridgehead atoms. The van der Waals surface area contributed by atoms with Gasteiger partial charge < -0.3 is 14.7 Å². The average molecular weight is 306 g/mol. The molecule has 5 heteroatoms. The summed E-state index contributed by atoms with van der Waals surface area (Å²) in [4.78, 5) is 16.0. The third kappa shape index (κ3) is 5.40. The van der Waals surface area contributed by atoms with Crippen LogP contribution in [0.25, 0.3) is 0 Å². The highest BCUT2D eigenvalue weighted by atomic mass is 16.5. The lowest BCUT2D eigenvalue weighted by Crippen LogP contribution is -2.39. The van der Waals surface area contributed by atoms with Gasteiger partial charge in [0.15, 0.2) is 0 Å². The van der Waals surface area contributed by atoms with Gasteiger partial charge in [-0.05, 0) is 18.9 Å². The molecule has 1 aliphatic heterocycles. The standard InChI is InChI=1S/C17H26N2O3/c1-2-22-14-17(21)19-11-10-18(12-16(20)13-19)9-8-15-6-4-3-5-7-15/h3-7,16,20H,2,8-14H2,1H3/t16-/m1/s1. The minimum Gasteiger partial charge on any atom is -0.390 e. The van der Waals surface area contributed by atoms with Crippen LogP contribution in [0.1, 0.15) is 12.5 Å². The second-order valence-corrected chi connectivity index (χ2v) is 5.67.